The largest absolute Gasteiger partial charge is 0.504 e. The second kappa shape index (κ2) is 8.35. The number of carbonyl (C=O) groups excluding carboxylic acids is 1. The van der Waals surface area contributed by atoms with Crippen molar-refractivity contribution in [3.05, 3.63) is 35.2 Å². The minimum absolute atomic E-state index is 0.000228. The molecule has 1 aromatic carbocycles. The molecule has 0 aliphatic carbocycles. The highest BCUT2D eigenvalue weighted by Crippen LogP contribution is 2.25. The van der Waals surface area contributed by atoms with Gasteiger partial charge in [-0.25, -0.2) is 10.1 Å². The lowest BCUT2D eigenvalue weighted by Crippen LogP contribution is -2.23. The van der Waals surface area contributed by atoms with Crippen molar-refractivity contribution >= 4 is 17.9 Å². The number of carbonyl (C=O) groups is 1. The summed E-state index contributed by atoms with van der Waals surface area (Å²) in [5, 5.41) is 28.6. The zero-order valence-electron chi connectivity index (χ0n) is 15.9. The number of benzene rings is 1. The van der Waals surface area contributed by atoms with Gasteiger partial charge in [0, 0.05) is 6.54 Å². The normalized spacial score (nSPS) is 11.3. The highest BCUT2D eigenvalue weighted by atomic mass is 16.6. The Kier molecular flexibility index (Phi) is 5.69. The molecule has 2 heterocycles. The number of hydrazone groups is 1. The first kappa shape index (κ1) is 19.8. The summed E-state index contributed by atoms with van der Waals surface area (Å²) in [6.07, 6.45) is 1.40. The van der Waals surface area contributed by atoms with Crippen LogP contribution in [0.15, 0.2) is 27.9 Å². The number of hydrogen-bond acceptors (Lipinski definition) is 11. The average molecular weight is 401 g/mol. The summed E-state index contributed by atoms with van der Waals surface area (Å²) < 4.78 is 10.9. The number of nitrogens with zero attached hydrogens (tertiary/aromatic N) is 7. The number of anilines is 1. The van der Waals surface area contributed by atoms with Crippen LogP contribution in [-0.4, -0.2) is 68.6 Å². The molecular weight excluding hydrogens is 382 g/mol. The molecule has 13 nitrogen and oxygen atoms in total. The number of methoxy groups -OCH3 is 1. The van der Waals surface area contributed by atoms with Crippen LogP contribution in [0.2, 0.25) is 0 Å². The SMILES string of the molecule is COc1cc(/C=N\NC(=O)c2nnn(-c3nonc3N)c2CN(C)C)ccc1O. The molecule has 4 N–H and O–H groups in total. The zero-order valence-corrected chi connectivity index (χ0v) is 15.9. The number of nitrogen functional groups attached to an aromatic ring is 1. The van der Waals surface area contributed by atoms with Gasteiger partial charge < -0.3 is 20.5 Å². The Morgan fingerprint density at radius 2 is 2.24 bits per heavy atom. The second-order valence-corrected chi connectivity index (χ2v) is 6.14. The first-order valence-corrected chi connectivity index (χ1v) is 8.28. The molecule has 0 fully saturated rings. The quantitative estimate of drug-likeness (QED) is 0.355. The maximum Gasteiger partial charge on any atom is 0.293 e. The molecule has 2 aromatic heterocycles. The summed E-state index contributed by atoms with van der Waals surface area (Å²) in [7, 11) is 5.07. The lowest BCUT2D eigenvalue weighted by Gasteiger charge is -2.11. The Morgan fingerprint density at radius 3 is 2.90 bits per heavy atom. The van der Waals surface area contributed by atoms with Crippen molar-refractivity contribution in [1.29, 1.82) is 0 Å². The van der Waals surface area contributed by atoms with Crippen LogP contribution in [0.5, 0.6) is 11.5 Å². The third-order valence-corrected chi connectivity index (χ3v) is 3.72. The topological polar surface area (TPSA) is 170 Å². The third-order valence-electron chi connectivity index (χ3n) is 3.72. The lowest BCUT2D eigenvalue weighted by molar-refractivity contribution is 0.0948. The monoisotopic (exact) mass is 401 g/mol. The van der Waals surface area contributed by atoms with Gasteiger partial charge in [-0.1, -0.05) is 5.21 Å². The number of ether oxygens (including phenoxy) is 1. The predicted molar refractivity (Wildman–Crippen MR) is 101 cm³/mol. The number of phenolic OH excluding ortho intramolecular Hbond substituents is 1. The minimum atomic E-state index is -0.579. The van der Waals surface area contributed by atoms with Gasteiger partial charge in [0.15, 0.2) is 17.2 Å². The van der Waals surface area contributed by atoms with Gasteiger partial charge in [-0.15, -0.1) is 5.10 Å². The number of aromatic nitrogens is 5. The third kappa shape index (κ3) is 4.30. The smallest absolute Gasteiger partial charge is 0.293 e. The zero-order chi connectivity index (χ0) is 21.0. The van der Waals surface area contributed by atoms with E-state index in [2.05, 4.69) is 35.8 Å². The van der Waals surface area contributed by atoms with Crippen molar-refractivity contribution in [2.75, 3.05) is 26.9 Å². The molecular formula is C16H19N9O4. The Bertz CT molecular complexity index is 1040. The second-order valence-electron chi connectivity index (χ2n) is 6.14. The first-order valence-electron chi connectivity index (χ1n) is 8.28. The van der Waals surface area contributed by atoms with E-state index in [4.69, 9.17) is 10.5 Å². The molecule has 3 aromatic rings. The van der Waals surface area contributed by atoms with Gasteiger partial charge in [0.1, 0.15) is 0 Å². The highest BCUT2D eigenvalue weighted by molar-refractivity contribution is 5.94. The molecule has 0 saturated carbocycles. The Morgan fingerprint density at radius 1 is 1.45 bits per heavy atom. The van der Waals surface area contributed by atoms with Crippen molar-refractivity contribution in [2.24, 2.45) is 5.10 Å². The molecule has 0 spiro atoms. The van der Waals surface area contributed by atoms with E-state index in [1.54, 1.807) is 12.1 Å². The average Bonchev–Trinajstić information content (AvgIpc) is 3.28. The molecule has 0 unspecified atom stereocenters. The predicted octanol–water partition coefficient (Wildman–Crippen LogP) is -0.228. The summed E-state index contributed by atoms with van der Waals surface area (Å²) in [4.78, 5) is 14.4. The molecule has 3 rings (SSSR count). The summed E-state index contributed by atoms with van der Waals surface area (Å²) in [6.45, 7) is 0.320. The Balaban J connectivity index is 1.82. The molecule has 0 saturated heterocycles. The fraction of sp³-hybridized carbons (Fsp3) is 0.250. The van der Waals surface area contributed by atoms with Gasteiger partial charge in [0.2, 0.25) is 11.6 Å². The van der Waals surface area contributed by atoms with E-state index in [0.29, 0.717) is 17.8 Å². The number of rotatable bonds is 7. The number of nitrogens with one attached hydrogen (secondary N) is 1. The van der Waals surface area contributed by atoms with Crippen molar-refractivity contribution in [1.82, 2.24) is 35.6 Å². The molecule has 0 atom stereocenters. The number of hydrogen-bond donors (Lipinski definition) is 3. The molecule has 1 amide bonds. The van der Waals surface area contributed by atoms with Crippen LogP contribution in [0.4, 0.5) is 5.82 Å². The van der Waals surface area contributed by atoms with E-state index in [1.807, 2.05) is 19.0 Å². The number of phenols is 1. The Labute approximate surface area is 164 Å². The van der Waals surface area contributed by atoms with Crippen molar-refractivity contribution in [3.8, 4) is 17.3 Å². The summed E-state index contributed by atoms with van der Waals surface area (Å²) in [5.41, 5.74) is 9.18. The Hall–Kier alpha value is -4.00. The molecule has 0 aliphatic rings. The number of nitrogens with two attached hydrogens (primary N) is 1. The van der Waals surface area contributed by atoms with Crippen LogP contribution in [0, 0.1) is 0 Å². The molecule has 0 radical (unpaired) electrons. The maximum atomic E-state index is 12.6. The van der Waals surface area contributed by atoms with Crippen molar-refractivity contribution in [2.45, 2.75) is 6.54 Å². The van der Waals surface area contributed by atoms with Crippen molar-refractivity contribution in [3.63, 3.8) is 0 Å². The first-order chi connectivity index (χ1) is 13.9. The van der Waals surface area contributed by atoms with Crippen molar-refractivity contribution < 1.29 is 19.3 Å². The molecule has 13 heteroatoms. The van der Waals surface area contributed by atoms with E-state index < -0.39 is 5.91 Å². The van der Waals surface area contributed by atoms with E-state index in [1.165, 1.54) is 24.1 Å². The van der Waals surface area contributed by atoms with E-state index in [9.17, 15) is 9.90 Å². The van der Waals surface area contributed by atoms with Crippen LogP contribution >= 0.6 is 0 Å². The van der Waals surface area contributed by atoms with Crippen LogP contribution in [0.25, 0.3) is 5.82 Å². The van der Waals surface area contributed by atoms with Gasteiger partial charge >= 0.3 is 0 Å². The molecule has 29 heavy (non-hydrogen) atoms. The summed E-state index contributed by atoms with van der Waals surface area (Å²) in [5.74, 6) is -0.144. The van der Waals surface area contributed by atoms with E-state index >= 15 is 0 Å². The van der Waals surface area contributed by atoms with Crippen LogP contribution in [0.1, 0.15) is 21.7 Å². The van der Waals surface area contributed by atoms with Crippen LogP contribution in [0.3, 0.4) is 0 Å². The number of amides is 1. The number of aromatic hydroxyl groups is 1. The minimum Gasteiger partial charge on any atom is -0.504 e. The fourth-order valence-electron chi connectivity index (χ4n) is 2.42. The van der Waals surface area contributed by atoms with Gasteiger partial charge in [0.05, 0.1) is 19.0 Å². The summed E-state index contributed by atoms with van der Waals surface area (Å²) >= 11 is 0. The highest BCUT2D eigenvalue weighted by Gasteiger charge is 2.24. The molecule has 0 aliphatic heterocycles. The molecule has 152 valence electrons. The molecule has 0 bridgehead atoms. The van der Waals surface area contributed by atoms with Gasteiger partial charge in [0.25, 0.3) is 5.91 Å². The summed E-state index contributed by atoms with van der Waals surface area (Å²) in [6, 6.07) is 4.64. The van der Waals surface area contributed by atoms with Crippen LogP contribution < -0.4 is 15.9 Å². The lowest BCUT2D eigenvalue weighted by atomic mass is 10.2. The van der Waals surface area contributed by atoms with E-state index in [0.717, 1.165) is 0 Å². The van der Waals surface area contributed by atoms with Gasteiger partial charge in [-0.2, -0.15) is 9.78 Å². The maximum absolute atomic E-state index is 12.6. The fourth-order valence-corrected chi connectivity index (χ4v) is 2.42. The van der Waals surface area contributed by atoms with E-state index in [-0.39, 0.29) is 28.8 Å². The standard InChI is InChI=1S/C16H19N9O4/c1-24(2)8-10-13(19-23-25(10)15-14(17)21-29-22-15)16(27)20-18-7-9-4-5-11(26)12(6-9)28-3/h4-7,26H,8H2,1-3H3,(H2,17,21)(H,20,27)/b18-7-. The van der Waals surface area contributed by atoms with Gasteiger partial charge in [-0.05, 0) is 48.2 Å². The van der Waals surface area contributed by atoms with Gasteiger partial charge in [-0.3, -0.25) is 4.79 Å². The van der Waals surface area contributed by atoms with Crippen LogP contribution in [-0.2, 0) is 6.54 Å².